The van der Waals surface area contributed by atoms with E-state index in [2.05, 4.69) is 11.8 Å². The van der Waals surface area contributed by atoms with Crippen LogP contribution >= 0.6 is 0 Å². The third-order valence-electron chi connectivity index (χ3n) is 2.62. The third-order valence-corrected chi connectivity index (χ3v) is 2.62. The molecule has 1 aliphatic rings. The predicted molar refractivity (Wildman–Crippen MR) is 46.6 cm³/mol. The van der Waals surface area contributed by atoms with Crippen LogP contribution < -0.4 is 0 Å². The van der Waals surface area contributed by atoms with Gasteiger partial charge in [0.25, 0.3) is 0 Å². The Hall–Kier alpha value is -0.0800. The molecule has 1 rings (SSSR count). The standard InChI is InChI=1S/C9H19NO/c1-2-10-7-5-3-4-6-9(10)8-11/h9,11H,2-8H2,1H3/t9-/m1/s1. The SMILES string of the molecule is CCN1CCCCC[C@@H]1CO. The van der Waals surface area contributed by atoms with Gasteiger partial charge in [-0.05, 0) is 25.9 Å². The second kappa shape index (κ2) is 4.73. The summed E-state index contributed by atoms with van der Waals surface area (Å²) in [6.45, 7) is 4.79. The molecule has 2 nitrogen and oxygen atoms in total. The van der Waals surface area contributed by atoms with Crippen molar-refractivity contribution in [1.29, 1.82) is 0 Å². The number of aliphatic hydroxyl groups is 1. The summed E-state index contributed by atoms with van der Waals surface area (Å²) in [5.74, 6) is 0. The van der Waals surface area contributed by atoms with Crippen LogP contribution in [0.1, 0.15) is 32.6 Å². The molecule has 0 aromatic carbocycles. The van der Waals surface area contributed by atoms with Gasteiger partial charge in [-0.3, -0.25) is 4.90 Å². The summed E-state index contributed by atoms with van der Waals surface area (Å²) in [4.78, 5) is 2.40. The maximum Gasteiger partial charge on any atom is 0.0586 e. The largest absolute Gasteiger partial charge is 0.395 e. The molecule has 0 radical (unpaired) electrons. The van der Waals surface area contributed by atoms with Gasteiger partial charge in [0, 0.05) is 6.04 Å². The Kier molecular flexibility index (Phi) is 3.87. The topological polar surface area (TPSA) is 23.5 Å². The molecule has 2 heteroatoms. The maximum atomic E-state index is 9.08. The van der Waals surface area contributed by atoms with E-state index in [0.717, 1.165) is 6.54 Å². The highest BCUT2D eigenvalue weighted by molar-refractivity contribution is 4.73. The summed E-state index contributed by atoms with van der Waals surface area (Å²) in [7, 11) is 0. The molecule has 66 valence electrons. The van der Waals surface area contributed by atoms with Crippen LogP contribution in [0.25, 0.3) is 0 Å². The molecule has 0 aromatic rings. The van der Waals surface area contributed by atoms with E-state index in [4.69, 9.17) is 5.11 Å². The molecule has 0 saturated carbocycles. The zero-order valence-corrected chi connectivity index (χ0v) is 7.42. The Bertz CT molecular complexity index is 93.7. The van der Waals surface area contributed by atoms with E-state index >= 15 is 0 Å². The van der Waals surface area contributed by atoms with E-state index < -0.39 is 0 Å². The smallest absolute Gasteiger partial charge is 0.0586 e. The van der Waals surface area contributed by atoms with Crippen molar-refractivity contribution in [2.75, 3.05) is 19.7 Å². The van der Waals surface area contributed by atoms with Crippen LogP contribution in [0.2, 0.25) is 0 Å². The van der Waals surface area contributed by atoms with E-state index in [9.17, 15) is 0 Å². The highest BCUT2D eigenvalue weighted by Crippen LogP contribution is 2.15. The molecule has 1 N–H and O–H groups in total. The molecular weight excluding hydrogens is 138 g/mol. The van der Waals surface area contributed by atoms with Gasteiger partial charge in [0.2, 0.25) is 0 Å². The third kappa shape index (κ3) is 2.46. The summed E-state index contributed by atoms with van der Waals surface area (Å²) < 4.78 is 0. The van der Waals surface area contributed by atoms with Crippen molar-refractivity contribution in [2.24, 2.45) is 0 Å². The lowest BCUT2D eigenvalue weighted by atomic mass is 10.1. The van der Waals surface area contributed by atoms with Crippen LogP contribution in [0.15, 0.2) is 0 Å². The van der Waals surface area contributed by atoms with E-state index in [0.29, 0.717) is 12.6 Å². The average molecular weight is 157 g/mol. The normalized spacial score (nSPS) is 28.4. The zero-order chi connectivity index (χ0) is 8.10. The summed E-state index contributed by atoms with van der Waals surface area (Å²) in [5, 5.41) is 9.08. The van der Waals surface area contributed by atoms with Gasteiger partial charge in [0.15, 0.2) is 0 Å². The van der Waals surface area contributed by atoms with E-state index in [1.807, 2.05) is 0 Å². The molecule has 1 fully saturated rings. The molecule has 0 amide bonds. The van der Waals surface area contributed by atoms with Crippen LogP contribution in [0.5, 0.6) is 0 Å². The molecule has 0 unspecified atom stereocenters. The van der Waals surface area contributed by atoms with Crippen LogP contribution in [-0.4, -0.2) is 35.7 Å². The van der Waals surface area contributed by atoms with Crippen LogP contribution in [-0.2, 0) is 0 Å². The highest BCUT2D eigenvalue weighted by atomic mass is 16.3. The molecule has 0 aromatic heterocycles. The Balaban J connectivity index is 2.41. The molecule has 1 saturated heterocycles. The maximum absolute atomic E-state index is 9.08. The van der Waals surface area contributed by atoms with E-state index in [-0.39, 0.29) is 0 Å². The van der Waals surface area contributed by atoms with Crippen molar-refractivity contribution >= 4 is 0 Å². The first-order chi connectivity index (χ1) is 5.38. The minimum absolute atomic E-state index is 0.341. The fourth-order valence-corrected chi connectivity index (χ4v) is 1.86. The van der Waals surface area contributed by atoms with Gasteiger partial charge in [-0.1, -0.05) is 19.8 Å². The van der Waals surface area contributed by atoms with E-state index in [1.54, 1.807) is 0 Å². The molecule has 1 aliphatic heterocycles. The van der Waals surface area contributed by atoms with Gasteiger partial charge in [-0.2, -0.15) is 0 Å². The number of aliphatic hydroxyl groups excluding tert-OH is 1. The van der Waals surface area contributed by atoms with Gasteiger partial charge in [0.1, 0.15) is 0 Å². The van der Waals surface area contributed by atoms with Crippen LogP contribution in [0.4, 0.5) is 0 Å². The van der Waals surface area contributed by atoms with Crippen LogP contribution in [0.3, 0.4) is 0 Å². The van der Waals surface area contributed by atoms with Crippen molar-refractivity contribution in [3.05, 3.63) is 0 Å². The number of hydrogen-bond donors (Lipinski definition) is 1. The van der Waals surface area contributed by atoms with Crippen molar-refractivity contribution in [2.45, 2.75) is 38.6 Å². The summed E-state index contributed by atoms with van der Waals surface area (Å²) in [6.07, 6.45) is 5.13. The van der Waals surface area contributed by atoms with E-state index in [1.165, 1.54) is 32.2 Å². The Morgan fingerprint density at radius 3 is 2.82 bits per heavy atom. The second-order valence-corrected chi connectivity index (χ2v) is 3.31. The van der Waals surface area contributed by atoms with Crippen molar-refractivity contribution in [3.63, 3.8) is 0 Å². The minimum Gasteiger partial charge on any atom is -0.395 e. The summed E-state index contributed by atoms with van der Waals surface area (Å²) >= 11 is 0. The van der Waals surface area contributed by atoms with Crippen molar-refractivity contribution in [1.82, 2.24) is 4.90 Å². The molecule has 0 aliphatic carbocycles. The van der Waals surface area contributed by atoms with Gasteiger partial charge >= 0.3 is 0 Å². The molecule has 0 bridgehead atoms. The lowest BCUT2D eigenvalue weighted by Crippen LogP contribution is -2.37. The molecule has 0 spiro atoms. The van der Waals surface area contributed by atoms with Gasteiger partial charge in [0.05, 0.1) is 6.61 Å². The highest BCUT2D eigenvalue weighted by Gasteiger charge is 2.17. The Labute approximate surface area is 69.2 Å². The predicted octanol–water partition coefficient (Wildman–Crippen LogP) is 1.24. The van der Waals surface area contributed by atoms with Gasteiger partial charge in [-0.25, -0.2) is 0 Å². The number of rotatable bonds is 2. The zero-order valence-electron chi connectivity index (χ0n) is 7.42. The van der Waals surface area contributed by atoms with Crippen molar-refractivity contribution < 1.29 is 5.11 Å². The number of hydrogen-bond acceptors (Lipinski definition) is 2. The van der Waals surface area contributed by atoms with Crippen molar-refractivity contribution in [3.8, 4) is 0 Å². The molecule has 1 atom stereocenters. The Morgan fingerprint density at radius 2 is 2.18 bits per heavy atom. The second-order valence-electron chi connectivity index (χ2n) is 3.31. The lowest BCUT2D eigenvalue weighted by Gasteiger charge is -2.26. The van der Waals surface area contributed by atoms with Crippen LogP contribution in [0, 0.1) is 0 Å². The number of nitrogens with zero attached hydrogens (tertiary/aromatic N) is 1. The number of likely N-dealkylation sites (N-methyl/N-ethyl adjacent to an activating group) is 1. The monoisotopic (exact) mass is 157 g/mol. The summed E-state index contributed by atoms with van der Waals surface area (Å²) in [5.41, 5.74) is 0. The first-order valence-electron chi connectivity index (χ1n) is 4.73. The molecule has 11 heavy (non-hydrogen) atoms. The van der Waals surface area contributed by atoms with Gasteiger partial charge < -0.3 is 5.11 Å². The molecular formula is C9H19NO. The lowest BCUT2D eigenvalue weighted by molar-refractivity contribution is 0.130. The van der Waals surface area contributed by atoms with Gasteiger partial charge in [-0.15, -0.1) is 0 Å². The minimum atomic E-state index is 0.341. The fraction of sp³-hybridized carbons (Fsp3) is 1.00. The fourth-order valence-electron chi connectivity index (χ4n) is 1.86. The first kappa shape index (κ1) is 9.01. The average Bonchev–Trinajstić information content (AvgIpc) is 2.27. The first-order valence-corrected chi connectivity index (χ1v) is 4.73. The number of likely N-dealkylation sites (tertiary alicyclic amines) is 1. The Morgan fingerprint density at radius 1 is 1.36 bits per heavy atom. The molecule has 1 heterocycles. The summed E-state index contributed by atoms with van der Waals surface area (Å²) in [6, 6.07) is 0.447. The quantitative estimate of drug-likeness (QED) is 0.652.